The van der Waals surface area contributed by atoms with E-state index in [0.29, 0.717) is 12.1 Å². The molecule has 0 bridgehead atoms. The van der Waals surface area contributed by atoms with Gasteiger partial charge in [-0.05, 0) is 6.07 Å². The third kappa shape index (κ3) is 2.89. The molecule has 112 valence electrons. The van der Waals surface area contributed by atoms with Gasteiger partial charge in [-0.3, -0.25) is 0 Å². The van der Waals surface area contributed by atoms with Gasteiger partial charge in [0.1, 0.15) is 17.6 Å². The number of nitrogens with zero attached hydrogens (tertiary/aromatic N) is 2. The normalized spacial score (nSPS) is 12.1. The molecule has 2 aromatic rings. The molecule has 2 rings (SSSR count). The Labute approximate surface area is 118 Å². The summed E-state index contributed by atoms with van der Waals surface area (Å²) in [5.74, 6) is -3.75. The highest BCUT2D eigenvalue weighted by molar-refractivity contribution is 5.34. The number of methoxy groups -OCH3 is 2. The van der Waals surface area contributed by atoms with Gasteiger partial charge in [0.2, 0.25) is 11.8 Å². The Morgan fingerprint density at radius 3 is 2.33 bits per heavy atom. The molecule has 1 unspecified atom stereocenters. The van der Waals surface area contributed by atoms with E-state index < -0.39 is 29.1 Å². The zero-order valence-electron chi connectivity index (χ0n) is 11.1. The van der Waals surface area contributed by atoms with Crippen molar-refractivity contribution in [2.75, 3.05) is 14.2 Å². The maximum atomic E-state index is 13.7. The Hall–Kier alpha value is -2.35. The van der Waals surface area contributed by atoms with Crippen molar-refractivity contribution in [3.05, 3.63) is 47.0 Å². The molecule has 0 spiro atoms. The Bertz CT molecular complexity index is 667. The van der Waals surface area contributed by atoms with Gasteiger partial charge >= 0.3 is 0 Å². The lowest BCUT2D eigenvalue weighted by molar-refractivity contribution is 0.201. The van der Waals surface area contributed by atoms with E-state index in [9.17, 15) is 18.3 Å². The van der Waals surface area contributed by atoms with Gasteiger partial charge < -0.3 is 14.6 Å². The largest absolute Gasteiger partial charge is 0.480 e. The van der Waals surface area contributed by atoms with Crippen LogP contribution in [0.3, 0.4) is 0 Å². The number of hydrogen-bond acceptors (Lipinski definition) is 5. The van der Waals surface area contributed by atoms with Crippen molar-refractivity contribution in [3.63, 3.8) is 0 Å². The van der Waals surface area contributed by atoms with Crippen molar-refractivity contribution in [1.82, 2.24) is 9.97 Å². The minimum absolute atomic E-state index is 0.119. The van der Waals surface area contributed by atoms with E-state index in [-0.39, 0.29) is 17.5 Å². The van der Waals surface area contributed by atoms with Crippen LogP contribution in [0.5, 0.6) is 11.8 Å². The second-order valence-corrected chi connectivity index (χ2v) is 4.00. The average Bonchev–Trinajstić information content (AvgIpc) is 2.49. The zero-order valence-corrected chi connectivity index (χ0v) is 11.1. The van der Waals surface area contributed by atoms with Gasteiger partial charge in [0.15, 0.2) is 11.6 Å². The summed E-state index contributed by atoms with van der Waals surface area (Å²) in [4.78, 5) is 7.71. The van der Waals surface area contributed by atoms with Crippen molar-refractivity contribution in [1.29, 1.82) is 0 Å². The van der Waals surface area contributed by atoms with Gasteiger partial charge in [0.25, 0.3) is 0 Å². The Morgan fingerprint density at radius 2 is 1.71 bits per heavy atom. The molecule has 0 aliphatic carbocycles. The second kappa shape index (κ2) is 5.96. The van der Waals surface area contributed by atoms with Crippen LogP contribution in [0, 0.1) is 17.5 Å². The SMILES string of the molecule is COc1cnc(C(O)c2cc(F)c(F)cc2F)c(OC)n1. The highest BCUT2D eigenvalue weighted by atomic mass is 19.2. The quantitative estimate of drug-likeness (QED) is 0.875. The van der Waals surface area contributed by atoms with Crippen molar-refractivity contribution in [3.8, 4) is 11.8 Å². The molecule has 21 heavy (non-hydrogen) atoms. The fourth-order valence-corrected chi connectivity index (χ4v) is 1.70. The molecule has 0 aliphatic heterocycles. The standard InChI is InChI=1S/C13H11F3N2O3/c1-20-10-5-17-11(13(18-10)21-2)12(19)6-3-8(15)9(16)4-7(6)14/h3-5,12,19H,1-2H3. The number of hydrogen-bond donors (Lipinski definition) is 1. The summed E-state index contributed by atoms with van der Waals surface area (Å²) in [6, 6.07) is 0.901. The Kier molecular flexibility index (Phi) is 4.27. The minimum atomic E-state index is -1.67. The number of halogens is 3. The third-order valence-electron chi connectivity index (χ3n) is 2.74. The molecule has 1 aromatic carbocycles. The van der Waals surface area contributed by atoms with Gasteiger partial charge in [-0.1, -0.05) is 0 Å². The highest BCUT2D eigenvalue weighted by Crippen LogP contribution is 2.30. The van der Waals surface area contributed by atoms with Crippen LogP contribution >= 0.6 is 0 Å². The number of ether oxygens (including phenoxy) is 2. The first-order chi connectivity index (χ1) is 9.97. The van der Waals surface area contributed by atoms with Gasteiger partial charge in [0.05, 0.1) is 20.4 Å². The van der Waals surface area contributed by atoms with E-state index in [1.54, 1.807) is 0 Å². The lowest BCUT2D eigenvalue weighted by Crippen LogP contribution is -2.10. The summed E-state index contributed by atoms with van der Waals surface area (Å²) in [6.07, 6.45) is -0.493. The van der Waals surface area contributed by atoms with Crippen LogP contribution in [0.2, 0.25) is 0 Å². The van der Waals surface area contributed by atoms with Crippen LogP contribution < -0.4 is 9.47 Å². The molecule has 8 heteroatoms. The van der Waals surface area contributed by atoms with Crippen LogP contribution in [0.4, 0.5) is 13.2 Å². The fourth-order valence-electron chi connectivity index (χ4n) is 1.70. The number of aliphatic hydroxyl groups is 1. The van der Waals surface area contributed by atoms with Gasteiger partial charge in [-0.15, -0.1) is 0 Å². The van der Waals surface area contributed by atoms with Crippen LogP contribution in [0.15, 0.2) is 18.3 Å². The van der Waals surface area contributed by atoms with Crippen LogP contribution in [0.25, 0.3) is 0 Å². The summed E-state index contributed by atoms with van der Waals surface area (Å²) >= 11 is 0. The fraction of sp³-hybridized carbons (Fsp3) is 0.231. The Balaban J connectivity index is 2.49. The second-order valence-electron chi connectivity index (χ2n) is 4.00. The molecule has 0 saturated heterocycles. The summed E-state index contributed by atoms with van der Waals surface area (Å²) in [5.41, 5.74) is -0.630. The van der Waals surface area contributed by atoms with Gasteiger partial charge in [-0.25, -0.2) is 18.2 Å². The molecule has 1 aromatic heterocycles. The average molecular weight is 300 g/mol. The first kappa shape index (κ1) is 15.0. The van der Waals surface area contributed by atoms with E-state index in [1.165, 1.54) is 20.4 Å². The summed E-state index contributed by atoms with van der Waals surface area (Å²) < 4.78 is 49.5. The van der Waals surface area contributed by atoms with E-state index in [4.69, 9.17) is 9.47 Å². The summed E-state index contributed by atoms with van der Waals surface area (Å²) in [5, 5.41) is 10.1. The minimum Gasteiger partial charge on any atom is -0.480 e. The topological polar surface area (TPSA) is 64.5 Å². The smallest absolute Gasteiger partial charge is 0.241 e. The summed E-state index contributed by atoms with van der Waals surface area (Å²) in [7, 11) is 2.62. The number of aromatic nitrogens is 2. The van der Waals surface area contributed by atoms with Crippen LogP contribution in [-0.4, -0.2) is 29.3 Å². The highest BCUT2D eigenvalue weighted by Gasteiger charge is 2.24. The molecular formula is C13H11F3N2O3. The number of aliphatic hydroxyl groups excluding tert-OH is 1. The third-order valence-corrected chi connectivity index (χ3v) is 2.74. The summed E-state index contributed by atoms with van der Waals surface area (Å²) in [6.45, 7) is 0. The van der Waals surface area contributed by atoms with Gasteiger partial charge in [-0.2, -0.15) is 4.98 Å². The molecule has 5 nitrogen and oxygen atoms in total. The van der Waals surface area contributed by atoms with E-state index in [2.05, 4.69) is 9.97 Å². The number of rotatable bonds is 4. The first-order valence-electron chi connectivity index (χ1n) is 5.75. The Morgan fingerprint density at radius 1 is 1.05 bits per heavy atom. The van der Waals surface area contributed by atoms with E-state index in [1.807, 2.05) is 0 Å². The first-order valence-corrected chi connectivity index (χ1v) is 5.75. The van der Waals surface area contributed by atoms with Crippen LogP contribution in [-0.2, 0) is 0 Å². The number of benzene rings is 1. The van der Waals surface area contributed by atoms with Gasteiger partial charge in [0, 0.05) is 11.6 Å². The van der Waals surface area contributed by atoms with E-state index in [0.717, 1.165) is 0 Å². The molecule has 0 amide bonds. The molecule has 0 aliphatic rings. The maximum Gasteiger partial charge on any atom is 0.241 e. The molecule has 0 saturated carbocycles. The molecule has 1 atom stereocenters. The predicted molar refractivity (Wildman–Crippen MR) is 65.5 cm³/mol. The molecule has 0 radical (unpaired) electrons. The monoisotopic (exact) mass is 300 g/mol. The lowest BCUT2D eigenvalue weighted by atomic mass is 10.1. The van der Waals surface area contributed by atoms with Crippen molar-refractivity contribution < 1.29 is 27.8 Å². The zero-order chi connectivity index (χ0) is 15.6. The molecule has 1 N–H and O–H groups in total. The van der Waals surface area contributed by atoms with Crippen molar-refractivity contribution in [2.45, 2.75) is 6.10 Å². The van der Waals surface area contributed by atoms with Crippen molar-refractivity contribution in [2.24, 2.45) is 0 Å². The van der Waals surface area contributed by atoms with E-state index >= 15 is 0 Å². The van der Waals surface area contributed by atoms with Crippen LogP contribution in [0.1, 0.15) is 17.4 Å². The molecular weight excluding hydrogens is 289 g/mol. The lowest BCUT2D eigenvalue weighted by Gasteiger charge is -2.14. The maximum absolute atomic E-state index is 13.7. The molecule has 1 heterocycles. The molecule has 0 fully saturated rings. The van der Waals surface area contributed by atoms with Crippen molar-refractivity contribution >= 4 is 0 Å². The predicted octanol–water partition coefficient (Wildman–Crippen LogP) is 1.99.